The average molecular weight is 328 g/mol. The number of nitrogens with one attached hydrogen (secondary N) is 2. The minimum atomic E-state index is 0.00329. The van der Waals surface area contributed by atoms with E-state index in [2.05, 4.69) is 26.6 Å². The number of hydrogen-bond donors (Lipinski definition) is 2. The summed E-state index contributed by atoms with van der Waals surface area (Å²) in [5, 5.41) is 15.1. The molecule has 0 bridgehead atoms. The van der Waals surface area contributed by atoms with E-state index in [1.165, 1.54) is 25.8 Å². The molecule has 1 aromatic rings. The van der Waals surface area contributed by atoms with Gasteiger partial charge in [0.25, 0.3) is 0 Å². The Hall–Kier alpha value is -2.33. The molecule has 2 amide bonds. The minimum absolute atomic E-state index is 0.00329. The van der Waals surface area contributed by atoms with E-state index < -0.39 is 0 Å². The number of piperidine rings is 1. The highest BCUT2D eigenvalue weighted by Crippen LogP contribution is 2.20. The van der Waals surface area contributed by atoms with Crippen LogP contribution in [0.2, 0.25) is 0 Å². The summed E-state index contributed by atoms with van der Waals surface area (Å²) in [6.07, 6.45) is 5.39. The summed E-state index contributed by atoms with van der Waals surface area (Å²) in [6.45, 7) is 4.84. The molecule has 2 fully saturated rings. The van der Waals surface area contributed by atoms with Gasteiger partial charge in [-0.1, -0.05) is 6.42 Å². The van der Waals surface area contributed by atoms with Gasteiger partial charge in [0.15, 0.2) is 0 Å². The van der Waals surface area contributed by atoms with Crippen molar-refractivity contribution in [2.24, 2.45) is 0 Å². The summed E-state index contributed by atoms with van der Waals surface area (Å²) < 4.78 is 0. The van der Waals surface area contributed by atoms with Crippen LogP contribution in [0.25, 0.3) is 0 Å². The molecule has 3 heterocycles. The van der Waals surface area contributed by atoms with Gasteiger partial charge < -0.3 is 15.5 Å². The van der Waals surface area contributed by atoms with Crippen molar-refractivity contribution in [3.05, 3.63) is 23.9 Å². The standard InChI is InChI=1S/C17H24N6O/c18-12-14-4-3-6-19-16(14)20-7-8-21-17(24)23-11-10-22-9-2-1-5-15(22)13-23/h3-4,6,15H,1-2,5,7-11,13H2,(H,19,20)(H,21,24)/t15-/m0/s1. The number of nitriles is 1. The zero-order valence-electron chi connectivity index (χ0n) is 13.9. The second kappa shape index (κ2) is 7.97. The summed E-state index contributed by atoms with van der Waals surface area (Å²) >= 11 is 0. The van der Waals surface area contributed by atoms with E-state index in [0.717, 1.165) is 19.6 Å². The first-order valence-corrected chi connectivity index (χ1v) is 8.64. The molecule has 2 aliphatic rings. The molecule has 0 saturated carbocycles. The van der Waals surface area contributed by atoms with Crippen LogP contribution in [0.1, 0.15) is 24.8 Å². The first-order chi connectivity index (χ1) is 11.8. The van der Waals surface area contributed by atoms with E-state index in [0.29, 0.717) is 30.5 Å². The van der Waals surface area contributed by atoms with Crippen LogP contribution in [0.15, 0.2) is 18.3 Å². The lowest BCUT2D eigenvalue weighted by Crippen LogP contribution is -2.58. The molecule has 1 aromatic heterocycles. The molecule has 7 nitrogen and oxygen atoms in total. The lowest BCUT2D eigenvalue weighted by Gasteiger charge is -2.43. The predicted octanol–water partition coefficient (Wildman–Crippen LogP) is 1.24. The van der Waals surface area contributed by atoms with Crippen LogP contribution in [-0.2, 0) is 0 Å². The smallest absolute Gasteiger partial charge is 0.317 e. The highest BCUT2D eigenvalue weighted by atomic mass is 16.2. The normalized spacial score (nSPS) is 20.8. The Morgan fingerprint density at radius 1 is 1.33 bits per heavy atom. The first kappa shape index (κ1) is 16.5. The van der Waals surface area contributed by atoms with Gasteiger partial charge in [0.1, 0.15) is 11.9 Å². The number of pyridine rings is 1. The molecule has 0 spiro atoms. The molecule has 0 aliphatic carbocycles. The van der Waals surface area contributed by atoms with E-state index in [4.69, 9.17) is 5.26 Å². The Morgan fingerprint density at radius 2 is 2.25 bits per heavy atom. The van der Waals surface area contributed by atoms with E-state index in [1.807, 2.05) is 4.90 Å². The number of fused-ring (bicyclic) bond motifs is 1. The average Bonchev–Trinajstić information content (AvgIpc) is 2.65. The van der Waals surface area contributed by atoms with E-state index in [9.17, 15) is 4.79 Å². The summed E-state index contributed by atoms with van der Waals surface area (Å²) in [5.74, 6) is 0.560. The van der Waals surface area contributed by atoms with Gasteiger partial charge >= 0.3 is 6.03 Å². The lowest BCUT2D eigenvalue weighted by molar-refractivity contribution is 0.0645. The molecule has 3 rings (SSSR count). The SMILES string of the molecule is N#Cc1cccnc1NCCNC(=O)N1CCN2CCCC[C@H]2C1. The van der Waals surface area contributed by atoms with Crippen LogP contribution in [0.4, 0.5) is 10.6 Å². The molecular weight excluding hydrogens is 304 g/mol. The van der Waals surface area contributed by atoms with Gasteiger partial charge in [-0.3, -0.25) is 4.90 Å². The van der Waals surface area contributed by atoms with Crippen molar-refractivity contribution >= 4 is 11.8 Å². The van der Waals surface area contributed by atoms with Crippen LogP contribution in [0, 0.1) is 11.3 Å². The second-order valence-electron chi connectivity index (χ2n) is 6.30. The molecule has 128 valence electrons. The zero-order chi connectivity index (χ0) is 16.8. The molecular formula is C17H24N6O. The maximum atomic E-state index is 12.3. The Balaban J connectivity index is 1.40. The van der Waals surface area contributed by atoms with Gasteiger partial charge in [-0.2, -0.15) is 5.26 Å². The molecule has 2 saturated heterocycles. The number of urea groups is 1. The van der Waals surface area contributed by atoms with E-state index in [-0.39, 0.29) is 6.03 Å². The molecule has 24 heavy (non-hydrogen) atoms. The summed E-state index contributed by atoms with van der Waals surface area (Å²) in [4.78, 5) is 20.9. The number of hydrogen-bond acceptors (Lipinski definition) is 5. The first-order valence-electron chi connectivity index (χ1n) is 8.64. The topological polar surface area (TPSA) is 84.3 Å². The Bertz CT molecular complexity index is 613. The van der Waals surface area contributed by atoms with Gasteiger partial charge in [-0.15, -0.1) is 0 Å². The van der Waals surface area contributed by atoms with E-state index >= 15 is 0 Å². The molecule has 0 unspecified atom stereocenters. The lowest BCUT2D eigenvalue weighted by atomic mass is 10.00. The monoisotopic (exact) mass is 328 g/mol. The maximum Gasteiger partial charge on any atom is 0.317 e. The Morgan fingerprint density at radius 3 is 3.12 bits per heavy atom. The number of anilines is 1. The fraction of sp³-hybridized carbons (Fsp3) is 0.588. The largest absolute Gasteiger partial charge is 0.367 e. The van der Waals surface area contributed by atoms with Gasteiger partial charge in [0, 0.05) is 45.0 Å². The third-order valence-electron chi connectivity index (χ3n) is 4.75. The number of carbonyl (C=O) groups is 1. The fourth-order valence-corrected chi connectivity index (χ4v) is 3.44. The minimum Gasteiger partial charge on any atom is -0.367 e. The Labute approximate surface area is 142 Å². The summed E-state index contributed by atoms with van der Waals surface area (Å²) in [7, 11) is 0. The van der Waals surface area contributed by atoms with Crippen molar-refractivity contribution in [3.63, 3.8) is 0 Å². The van der Waals surface area contributed by atoms with E-state index in [1.54, 1.807) is 18.3 Å². The highest BCUT2D eigenvalue weighted by molar-refractivity contribution is 5.74. The van der Waals surface area contributed by atoms with Crippen molar-refractivity contribution in [1.29, 1.82) is 5.26 Å². The van der Waals surface area contributed by atoms with Crippen LogP contribution in [-0.4, -0.2) is 66.1 Å². The van der Waals surface area contributed by atoms with Gasteiger partial charge in [-0.25, -0.2) is 9.78 Å². The second-order valence-corrected chi connectivity index (χ2v) is 6.30. The maximum absolute atomic E-state index is 12.3. The van der Waals surface area contributed by atoms with Crippen LogP contribution < -0.4 is 10.6 Å². The van der Waals surface area contributed by atoms with Crippen molar-refractivity contribution in [1.82, 2.24) is 20.1 Å². The predicted molar refractivity (Wildman–Crippen MR) is 91.6 cm³/mol. The van der Waals surface area contributed by atoms with Gasteiger partial charge in [-0.05, 0) is 31.5 Å². The van der Waals surface area contributed by atoms with Crippen LogP contribution in [0.5, 0.6) is 0 Å². The van der Waals surface area contributed by atoms with Crippen molar-refractivity contribution in [3.8, 4) is 6.07 Å². The van der Waals surface area contributed by atoms with Crippen LogP contribution >= 0.6 is 0 Å². The molecule has 2 aliphatic heterocycles. The fourth-order valence-electron chi connectivity index (χ4n) is 3.44. The third kappa shape index (κ3) is 3.95. The van der Waals surface area contributed by atoms with Crippen molar-refractivity contribution < 1.29 is 4.79 Å². The third-order valence-corrected chi connectivity index (χ3v) is 4.75. The quantitative estimate of drug-likeness (QED) is 0.813. The number of piperazine rings is 1. The van der Waals surface area contributed by atoms with Crippen molar-refractivity contribution in [2.45, 2.75) is 25.3 Å². The number of nitrogens with zero attached hydrogens (tertiary/aromatic N) is 4. The number of rotatable bonds is 4. The molecule has 2 N–H and O–H groups in total. The van der Waals surface area contributed by atoms with Crippen molar-refractivity contribution in [2.75, 3.05) is 44.6 Å². The number of carbonyl (C=O) groups excluding carboxylic acids is 1. The van der Waals surface area contributed by atoms with Gasteiger partial charge in [0.2, 0.25) is 0 Å². The van der Waals surface area contributed by atoms with Gasteiger partial charge in [0.05, 0.1) is 5.56 Å². The van der Waals surface area contributed by atoms with Crippen LogP contribution in [0.3, 0.4) is 0 Å². The number of amides is 2. The summed E-state index contributed by atoms with van der Waals surface area (Å²) in [6, 6.07) is 6.08. The zero-order valence-corrected chi connectivity index (χ0v) is 13.9. The molecule has 0 aromatic carbocycles. The summed E-state index contributed by atoms with van der Waals surface area (Å²) in [5.41, 5.74) is 0.511. The Kier molecular flexibility index (Phi) is 5.49. The highest BCUT2D eigenvalue weighted by Gasteiger charge is 2.30. The number of aromatic nitrogens is 1. The molecule has 0 radical (unpaired) electrons. The molecule has 1 atom stereocenters. The molecule has 7 heteroatoms.